The summed E-state index contributed by atoms with van der Waals surface area (Å²) in [6, 6.07) is 0. The first-order valence-electron chi connectivity index (χ1n) is 6.01. The van der Waals surface area contributed by atoms with Crippen molar-refractivity contribution in [3.8, 4) is 0 Å². The third-order valence-corrected chi connectivity index (χ3v) is 2.58. The molecule has 0 spiro atoms. The molecule has 0 aromatic carbocycles. The van der Waals surface area contributed by atoms with E-state index in [9.17, 15) is 14.0 Å². The SMILES string of the molecule is CC(C)CC1=CC(CC(C)C)=C(F)C(=O)C1=O. The van der Waals surface area contributed by atoms with Crippen molar-refractivity contribution in [3.05, 3.63) is 23.0 Å². The fourth-order valence-corrected chi connectivity index (χ4v) is 1.91. The van der Waals surface area contributed by atoms with Crippen LogP contribution >= 0.6 is 0 Å². The molecule has 0 N–H and O–H groups in total. The Morgan fingerprint density at radius 2 is 1.53 bits per heavy atom. The Labute approximate surface area is 102 Å². The smallest absolute Gasteiger partial charge is 0.261 e. The van der Waals surface area contributed by atoms with Crippen molar-refractivity contribution in [3.63, 3.8) is 0 Å². The van der Waals surface area contributed by atoms with Gasteiger partial charge in [-0.3, -0.25) is 9.59 Å². The predicted molar refractivity (Wildman–Crippen MR) is 65.1 cm³/mol. The maximum atomic E-state index is 13.6. The molecule has 0 bridgehead atoms. The van der Waals surface area contributed by atoms with E-state index in [1.54, 1.807) is 6.08 Å². The Morgan fingerprint density at radius 3 is 2.00 bits per heavy atom. The average Bonchev–Trinajstić information content (AvgIpc) is 2.20. The van der Waals surface area contributed by atoms with E-state index in [1.165, 1.54) is 0 Å². The zero-order valence-corrected chi connectivity index (χ0v) is 10.8. The van der Waals surface area contributed by atoms with Crippen molar-refractivity contribution in [2.75, 3.05) is 0 Å². The minimum absolute atomic E-state index is 0.258. The van der Waals surface area contributed by atoms with Crippen LogP contribution in [0, 0.1) is 11.8 Å². The van der Waals surface area contributed by atoms with Gasteiger partial charge in [-0.15, -0.1) is 0 Å². The van der Waals surface area contributed by atoms with Gasteiger partial charge in [-0.2, -0.15) is 0 Å². The molecule has 2 nitrogen and oxygen atoms in total. The largest absolute Gasteiger partial charge is 0.285 e. The monoisotopic (exact) mass is 238 g/mol. The number of ketones is 2. The molecule has 94 valence electrons. The van der Waals surface area contributed by atoms with Gasteiger partial charge in [0.05, 0.1) is 0 Å². The van der Waals surface area contributed by atoms with Gasteiger partial charge in [0.15, 0.2) is 5.83 Å². The molecular weight excluding hydrogens is 219 g/mol. The number of carbonyl (C=O) groups excluding carboxylic acids is 2. The molecule has 0 saturated carbocycles. The van der Waals surface area contributed by atoms with Crippen molar-refractivity contribution >= 4 is 11.6 Å². The van der Waals surface area contributed by atoms with E-state index < -0.39 is 17.4 Å². The van der Waals surface area contributed by atoms with Crippen molar-refractivity contribution in [2.24, 2.45) is 11.8 Å². The van der Waals surface area contributed by atoms with E-state index in [2.05, 4.69) is 0 Å². The number of hydrogen-bond acceptors (Lipinski definition) is 2. The fraction of sp³-hybridized carbons (Fsp3) is 0.571. The second kappa shape index (κ2) is 5.39. The summed E-state index contributed by atoms with van der Waals surface area (Å²) >= 11 is 0. The molecule has 0 radical (unpaired) electrons. The summed E-state index contributed by atoms with van der Waals surface area (Å²) in [6.45, 7) is 7.85. The number of carbonyl (C=O) groups is 2. The quantitative estimate of drug-likeness (QED) is 0.555. The Balaban J connectivity index is 3.06. The van der Waals surface area contributed by atoms with Crippen molar-refractivity contribution < 1.29 is 14.0 Å². The molecule has 17 heavy (non-hydrogen) atoms. The molecule has 0 aromatic heterocycles. The first-order chi connectivity index (χ1) is 7.82. The van der Waals surface area contributed by atoms with Crippen LogP contribution < -0.4 is 0 Å². The summed E-state index contributed by atoms with van der Waals surface area (Å²) < 4.78 is 13.6. The summed E-state index contributed by atoms with van der Waals surface area (Å²) in [5.74, 6) is -1.98. The van der Waals surface area contributed by atoms with Crippen molar-refractivity contribution in [1.29, 1.82) is 0 Å². The minimum atomic E-state index is -0.973. The maximum absolute atomic E-state index is 13.6. The molecule has 0 aromatic rings. The van der Waals surface area contributed by atoms with Crippen molar-refractivity contribution in [2.45, 2.75) is 40.5 Å². The van der Waals surface area contributed by atoms with Crippen LogP contribution in [0.1, 0.15) is 40.5 Å². The predicted octanol–water partition coefficient (Wildman–Crippen LogP) is 3.38. The lowest BCUT2D eigenvalue weighted by Gasteiger charge is -2.16. The molecule has 0 heterocycles. The average molecular weight is 238 g/mol. The topological polar surface area (TPSA) is 34.1 Å². The van der Waals surface area contributed by atoms with E-state index in [1.807, 2.05) is 27.7 Å². The number of halogens is 1. The highest BCUT2D eigenvalue weighted by Gasteiger charge is 2.30. The van der Waals surface area contributed by atoms with Gasteiger partial charge in [0.1, 0.15) is 0 Å². The molecule has 1 rings (SSSR count). The van der Waals surface area contributed by atoms with Gasteiger partial charge in [-0.1, -0.05) is 27.7 Å². The molecule has 0 fully saturated rings. The standard InChI is InChI=1S/C14H19FO2/c1-8(2)5-10-7-11(6-9(3)4)13(16)14(17)12(10)15/h7-9H,5-6H2,1-4H3. The zero-order valence-electron chi connectivity index (χ0n) is 10.8. The lowest BCUT2D eigenvalue weighted by molar-refractivity contribution is -0.133. The van der Waals surface area contributed by atoms with Gasteiger partial charge in [0.2, 0.25) is 5.78 Å². The van der Waals surface area contributed by atoms with Gasteiger partial charge in [0, 0.05) is 5.57 Å². The normalized spacial score (nSPS) is 17.2. The highest BCUT2D eigenvalue weighted by atomic mass is 19.1. The number of Topliss-reactive ketones (excluding diaryl/α,β-unsaturated/α-hetero) is 2. The third kappa shape index (κ3) is 3.35. The van der Waals surface area contributed by atoms with Crippen LogP contribution in [-0.2, 0) is 9.59 Å². The summed E-state index contributed by atoms with van der Waals surface area (Å²) in [7, 11) is 0. The van der Waals surface area contributed by atoms with Gasteiger partial charge in [-0.05, 0) is 36.3 Å². The van der Waals surface area contributed by atoms with Crippen molar-refractivity contribution in [1.82, 2.24) is 0 Å². The van der Waals surface area contributed by atoms with Crippen LogP contribution in [0.15, 0.2) is 23.0 Å². The molecule has 0 aliphatic heterocycles. The van der Waals surface area contributed by atoms with Gasteiger partial charge in [0.25, 0.3) is 5.78 Å². The van der Waals surface area contributed by atoms with E-state index in [-0.39, 0.29) is 11.8 Å². The first kappa shape index (κ1) is 13.8. The Morgan fingerprint density at radius 1 is 1.00 bits per heavy atom. The van der Waals surface area contributed by atoms with Gasteiger partial charge < -0.3 is 0 Å². The highest BCUT2D eigenvalue weighted by Crippen LogP contribution is 2.27. The molecule has 0 unspecified atom stereocenters. The molecule has 3 heteroatoms. The molecule has 0 atom stereocenters. The highest BCUT2D eigenvalue weighted by molar-refractivity contribution is 6.49. The maximum Gasteiger partial charge on any atom is 0.261 e. The van der Waals surface area contributed by atoms with E-state index in [4.69, 9.17) is 0 Å². The lowest BCUT2D eigenvalue weighted by Crippen LogP contribution is -2.23. The summed E-state index contributed by atoms with van der Waals surface area (Å²) in [4.78, 5) is 23.1. The molecular formula is C14H19FO2. The lowest BCUT2D eigenvalue weighted by atomic mass is 9.87. The second-order valence-corrected chi connectivity index (χ2v) is 5.36. The Kier molecular flexibility index (Phi) is 4.38. The van der Waals surface area contributed by atoms with Crippen LogP contribution in [0.25, 0.3) is 0 Å². The zero-order chi connectivity index (χ0) is 13.2. The van der Waals surface area contributed by atoms with E-state index in [0.29, 0.717) is 24.0 Å². The summed E-state index contributed by atoms with van der Waals surface area (Å²) in [5, 5.41) is 0. The Bertz CT molecular complexity index is 400. The summed E-state index contributed by atoms with van der Waals surface area (Å²) in [5.41, 5.74) is 0.822. The Hall–Kier alpha value is -1.25. The van der Waals surface area contributed by atoms with E-state index >= 15 is 0 Å². The molecule has 1 aliphatic rings. The fourth-order valence-electron chi connectivity index (χ4n) is 1.91. The summed E-state index contributed by atoms with van der Waals surface area (Å²) in [6.07, 6.45) is 2.59. The molecule has 1 aliphatic carbocycles. The number of hydrogen-bond donors (Lipinski definition) is 0. The third-order valence-electron chi connectivity index (χ3n) is 2.58. The molecule has 0 saturated heterocycles. The van der Waals surface area contributed by atoms with Gasteiger partial charge in [-0.25, -0.2) is 4.39 Å². The minimum Gasteiger partial charge on any atom is -0.285 e. The van der Waals surface area contributed by atoms with Crippen LogP contribution in [0.2, 0.25) is 0 Å². The first-order valence-corrected chi connectivity index (χ1v) is 6.01. The van der Waals surface area contributed by atoms with E-state index in [0.717, 1.165) is 0 Å². The number of allylic oxidation sites excluding steroid dienone is 4. The van der Waals surface area contributed by atoms with Crippen LogP contribution in [-0.4, -0.2) is 11.6 Å². The number of rotatable bonds is 4. The van der Waals surface area contributed by atoms with Crippen LogP contribution in [0.4, 0.5) is 4.39 Å². The van der Waals surface area contributed by atoms with Gasteiger partial charge >= 0.3 is 0 Å². The van der Waals surface area contributed by atoms with Crippen LogP contribution in [0.3, 0.4) is 0 Å². The second-order valence-electron chi connectivity index (χ2n) is 5.36. The molecule has 0 amide bonds. The van der Waals surface area contributed by atoms with Crippen LogP contribution in [0.5, 0.6) is 0 Å².